The van der Waals surface area contributed by atoms with Gasteiger partial charge in [0.25, 0.3) is 0 Å². The summed E-state index contributed by atoms with van der Waals surface area (Å²) < 4.78 is 7.46. The van der Waals surface area contributed by atoms with Crippen molar-refractivity contribution in [3.63, 3.8) is 0 Å². The summed E-state index contributed by atoms with van der Waals surface area (Å²) in [7, 11) is 0. The highest BCUT2D eigenvalue weighted by molar-refractivity contribution is 5.81. The molecule has 4 heteroatoms. The molecule has 0 N–H and O–H groups in total. The molecule has 1 aromatic rings. The molecule has 0 amide bonds. The first-order valence-corrected chi connectivity index (χ1v) is 11.1. The van der Waals surface area contributed by atoms with Crippen molar-refractivity contribution in [2.45, 2.75) is 103 Å². The van der Waals surface area contributed by atoms with Crippen molar-refractivity contribution < 1.29 is 31.1 Å². The van der Waals surface area contributed by atoms with Crippen molar-refractivity contribution in [2.75, 3.05) is 0 Å². The van der Waals surface area contributed by atoms with E-state index in [0.717, 1.165) is 12.8 Å². The fourth-order valence-corrected chi connectivity index (χ4v) is 3.39. The first-order valence-electron chi connectivity index (χ1n) is 11.1. The summed E-state index contributed by atoms with van der Waals surface area (Å²) in [5.74, 6) is -0.356. The first kappa shape index (κ1) is 26.8. The highest BCUT2D eigenvalue weighted by Crippen LogP contribution is 2.16. The molecule has 0 aromatic carbocycles. The predicted octanol–water partition coefficient (Wildman–Crippen LogP) is 3.69. The summed E-state index contributed by atoms with van der Waals surface area (Å²) in [5, 5.41) is 0. The highest BCUT2D eigenvalue weighted by Gasteiger charge is 2.20. The minimum Gasteiger partial charge on any atom is -1.00 e. The summed E-state index contributed by atoms with van der Waals surface area (Å²) in [6.07, 6.45) is 23.2. The molecule has 3 nitrogen and oxygen atoms in total. The topological polar surface area (TPSA) is 30.2 Å². The van der Waals surface area contributed by atoms with Crippen molar-refractivity contribution in [1.82, 2.24) is 0 Å². The van der Waals surface area contributed by atoms with Crippen molar-refractivity contribution in [3.8, 4) is 0 Å². The van der Waals surface area contributed by atoms with E-state index in [1.807, 2.05) is 35.2 Å². The highest BCUT2D eigenvalue weighted by atomic mass is 79.9. The van der Waals surface area contributed by atoms with Crippen LogP contribution in [0.2, 0.25) is 0 Å². The first-order chi connectivity index (χ1) is 13.3. The number of carbonyl (C=O) groups excluding carboxylic acids is 1. The summed E-state index contributed by atoms with van der Waals surface area (Å²) in [5.41, 5.74) is 0. The molecule has 1 unspecified atom stereocenters. The van der Waals surface area contributed by atoms with Gasteiger partial charge in [0, 0.05) is 24.6 Å². The number of ether oxygens (including phenoxy) is 1. The zero-order chi connectivity index (χ0) is 19.6. The van der Waals surface area contributed by atoms with Gasteiger partial charge in [-0.15, -0.1) is 0 Å². The number of rotatable bonds is 17. The van der Waals surface area contributed by atoms with Gasteiger partial charge in [-0.2, -0.15) is 4.57 Å². The van der Waals surface area contributed by atoms with Gasteiger partial charge >= 0.3 is 12.2 Å². The third kappa shape index (κ3) is 13.9. The Hall–Kier alpha value is -1.16. The van der Waals surface area contributed by atoms with Gasteiger partial charge in [0.15, 0.2) is 12.4 Å². The van der Waals surface area contributed by atoms with Gasteiger partial charge < -0.3 is 21.7 Å². The van der Waals surface area contributed by atoms with Gasteiger partial charge in [-0.3, -0.25) is 0 Å². The van der Waals surface area contributed by atoms with E-state index < -0.39 is 0 Å². The maximum absolute atomic E-state index is 11.6. The van der Waals surface area contributed by atoms with E-state index >= 15 is 0 Å². The summed E-state index contributed by atoms with van der Waals surface area (Å²) in [6.45, 7) is 5.77. The molecule has 0 saturated heterocycles. The van der Waals surface area contributed by atoms with Crippen LogP contribution in [0.4, 0.5) is 0 Å². The largest absolute Gasteiger partial charge is 1.00 e. The zero-order valence-electron chi connectivity index (χ0n) is 17.8. The number of nitrogens with zero attached hydrogens (tertiary/aromatic N) is 1. The second kappa shape index (κ2) is 19.2. The van der Waals surface area contributed by atoms with E-state index in [2.05, 4.69) is 13.5 Å². The number of carbonyl (C=O) groups is 1. The molecule has 1 heterocycles. The molecular weight excluding hydrogens is 414 g/mol. The molecule has 0 aliphatic rings. The van der Waals surface area contributed by atoms with Crippen LogP contribution in [0, 0.1) is 0 Å². The van der Waals surface area contributed by atoms with Crippen LogP contribution in [-0.2, 0) is 9.53 Å². The number of hydrogen-bond acceptors (Lipinski definition) is 2. The number of esters is 1. The third-order valence-electron chi connectivity index (χ3n) is 5.04. The molecule has 0 aliphatic carbocycles. The van der Waals surface area contributed by atoms with Crippen LogP contribution in [0.5, 0.6) is 0 Å². The fraction of sp³-hybridized carbons (Fsp3) is 0.667. The molecule has 28 heavy (non-hydrogen) atoms. The van der Waals surface area contributed by atoms with Crippen molar-refractivity contribution in [3.05, 3.63) is 43.2 Å². The fourth-order valence-electron chi connectivity index (χ4n) is 3.39. The molecule has 1 atom stereocenters. The van der Waals surface area contributed by atoms with Crippen molar-refractivity contribution >= 4 is 5.97 Å². The van der Waals surface area contributed by atoms with Crippen LogP contribution in [0.25, 0.3) is 0 Å². The number of unbranched alkanes of at least 4 members (excludes halogenated alkanes) is 12. The molecular formula is C24H40BrNO2. The molecule has 0 bridgehead atoms. The SMILES string of the molecule is C=CC(=O)OC(CCCCCCCCCCCCCCC)[n+]1ccccc1.[Br-]. The Morgan fingerprint density at radius 3 is 1.79 bits per heavy atom. The minimum atomic E-state index is -0.356. The molecule has 1 aromatic heterocycles. The normalized spacial score (nSPS) is 11.5. The number of halogens is 1. The van der Waals surface area contributed by atoms with Gasteiger partial charge in [0.05, 0.1) is 0 Å². The van der Waals surface area contributed by atoms with E-state index in [4.69, 9.17) is 4.74 Å². The smallest absolute Gasteiger partial charge is 0.335 e. The Bertz CT molecular complexity index is 493. The van der Waals surface area contributed by atoms with E-state index in [0.29, 0.717) is 0 Å². The number of pyridine rings is 1. The van der Waals surface area contributed by atoms with Crippen LogP contribution in [-0.4, -0.2) is 5.97 Å². The van der Waals surface area contributed by atoms with E-state index in [1.54, 1.807) is 0 Å². The Labute approximate surface area is 183 Å². The van der Waals surface area contributed by atoms with Crippen LogP contribution in [0.3, 0.4) is 0 Å². The lowest BCUT2D eigenvalue weighted by Gasteiger charge is -2.12. The van der Waals surface area contributed by atoms with Gasteiger partial charge in [0.1, 0.15) is 0 Å². The van der Waals surface area contributed by atoms with Crippen LogP contribution < -0.4 is 21.5 Å². The summed E-state index contributed by atoms with van der Waals surface area (Å²) in [6, 6.07) is 5.88. The van der Waals surface area contributed by atoms with Gasteiger partial charge in [-0.25, -0.2) is 4.79 Å². The Balaban J connectivity index is 0.00000729. The lowest BCUT2D eigenvalue weighted by Crippen LogP contribution is -3.00. The molecule has 0 fully saturated rings. The second-order valence-electron chi connectivity index (χ2n) is 7.45. The van der Waals surface area contributed by atoms with Crippen LogP contribution in [0.1, 0.15) is 103 Å². The van der Waals surface area contributed by atoms with E-state index in [9.17, 15) is 4.79 Å². The minimum absolute atomic E-state index is 0. The van der Waals surface area contributed by atoms with Gasteiger partial charge in [-0.05, 0) is 6.42 Å². The zero-order valence-corrected chi connectivity index (χ0v) is 19.4. The molecule has 160 valence electrons. The Morgan fingerprint density at radius 1 is 0.857 bits per heavy atom. The average molecular weight is 454 g/mol. The molecule has 1 rings (SSSR count). The van der Waals surface area contributed by atoms with Gasteiger partial charge in [0.2, 0.25) is 0 Å². The Morgan fingerprint density at radius 2 is 1.32 bits per heavy atom. The standard InChI is InChI=1S/C24H40NO2.BrH/c1-3-5-6-7-8-9-10-11-12-13-14-15-17-20-23(27-24(26)4-2)25-21-18-16-19-22-25;/h4,16,18-19,21-23H,2-3,5-15,17,20H2,1H3;1H/q+1;/p-1. The lowest BCUT2D eigenvalue weighted by atomic mass is 10.0. The third-order valence-corrected chi connectivity index (χ3v) is 5.04. The van der Waals surface area contributed by atoms with E-state index in [-0.39, 0.29) is 29.2 Å². The van der Waals surface area contributed by atoms with Crippen LogP contribution >= 0.6 is 0 Å². The Kier molecular flexibility index (Phi) is 18.4. The molecule has 0 spiro atoms. The maximum atomic E-state index is 11.6. The van der Waals surface area contributed by atoms with E-state index in [1.165, 1.54) is 83.1 Å². The quantitative estimate of drug-likeness (QED) is 0.156. The monoisotopic (exact) mass is 453 g/mol. The predicted molar refractivity (Wildman–Crippen MR) is 112 cm³/mol. The number of hydrogen-bond donors (Lipinski definition) is 0. The van der Waals surface area contributed by atoms with Crippen LogP contribution in [0.15, 0.2) is 43.2 Å². The summed E-state index contributed by atoms with van der Waals surface area (Å²) >= 11 is 0. The van der Waals surface area contributed by atoms with Gasteiger partial charge in [-0.1, -0.05) is 96.6 Å². The number of aromatic nitrogens is 1. The maximum Gasteiger partial charge on any atom is 0.335 e. The lowest BCUT2D eigenvalue weighted by molar-refractivity contribution is -0.757. The van der Waals surface area contributed by atoms with Crippen molar-refractivity contribution in [1.29, 1.82) is 0 Å². The molecule has 0 saturated carbocycles. The summed E-state index contributed by atoms with van der Waals surface area (Å²) in [4.78, 5) is 11.6. The average Bonchev–Trinajstić information content (AvgIpc) is 2.71. The van der Waals surface area contributed by atoms with Crippen molar-refractivity contribution in [2.24, 2.45) is 0 Å². The second-order valence-corrected chi connectivity index (χ2v) is 7.45. The molecule has 0 radical (unpaired) electrons. The molecule has 0 aliphatic heterocycles.